The number of nitrogens with zero attached hydrogens (tertiary/aromatic N) is 3. The third-order valence-electron chi connectivity index (χ3n) is 4.38. The van der Waals surface area contributed by atoms with E-state index in [1.165, 1.54) is 38.4 Å². The molecule has 0 unspecified atom stereocenters. The van der Waals surface area contributed by atoms with Gasteiger partial charge in [0.25, 0.3) is 5.91 Å². The number of amides is 1. The van der Waals surface area contributed by atoms with Crippen LogP contribution in [0.3, 0.4) is 0 Å². The molecule has 0 atom stereocenters. The maximum absolute atomic E-state index is 13.0. The molecule has 1 heterocycles. The van der Waals surface area contributed by atoms with Crippen molar-refractivity contribution < 1.29 is 44.0 Å². The van der Waals surface area contributed by atoms with Crippen LogP contribution in [0.1, 0.15) is 21.5 Å². The summed E-state index contributed by atoms with van der Waals surface area (Å²) >= 11 is 0. The lowest BCUT2D eigenvalue weighted by Crippen LogP contribution is -2.22. The summed E-state index contributed by atoms with van der Waals surface area (Å²) < 4.78 is 108. The normalized spacial score (nSPS) is 12.7. The Morgan fingerprint density at radius 3 is 1.91 bits per heavy atom. The molecule has 0 radical (unpaired) electrons. The average Bonchev–Trinajstić information content (AvgIpc) is 3.20. The molecular weight excluding hydrogens is 494 g/mol. The summed E-state index contributed by atoms with van der Waals surface area (Å²) in [5, 5.41) is 9.04. The van der Waals surface area contributed by atoms with E-state index in [1.807, 2.05) is 5.32 Å². The van der Waals surface area contributed by atoms with E-state index in [0.29, 0.717) is 0 Å². The average molecular weight is 508 g/mol. The van der Waals surface area contributed by atoms with Crippen LogP contribution < -0.4 is 5.32 Å². The molecule has 182 valence electrons. The zero-order valence-electron chi connectivity index (χ0n) is 17.2. The molecule has 34 heavy (non-hydrogen) atoms. The SMILES string of the molecule is CN(C)S(=O)(=O)c1ccc(-c2nnc(NC(=O)c3cc(C(F)(F)F)cc(C(F)(F)F)c3)o2)cc1. The van der Waals surface area contributed by atoms with Gasteiger partial charge in [-0.3, -0.25) is 10.1 Å². The predicted molar refractivity (Wildman–Crippen MR) is 105 cm³/mol. The van der Waals surface area contributed by atoms with Crippen LogP contribution in [0.5, 0.6) is 0 Å². The largest absolute Gasteiger partial charge is 0.416 e. The van der Waals surface area contributed by atoms with Gasteiger partial charge in [0.15, 0.2) is 0 Å². The van der Waals surface area contributed by atoms with Crippen LogP contribution in [0.25, 0.3) is 11.5 Å². The van der Waals surface area contributed by atoms with E-state index in [-0.39, 0.29) is 34.5 Å². The number of carbonyl (C=O) groups excluding carboxylic acids is 1. The van der Waals surface area contributed by atoms with Gasteiger partial charge < -0.3 is 4.42 Å². The van der Waals surface area contributed by atoms with E-state index < -0.39 is 51.0 Å². The smallest absolute Gasteiger partial charge is 0.403 e. The summed E-state index contributed by atoms with van der Waals surface area (Å²) in [5.41, 5.74) is -4.01. The van der Waals surface area contributed by atoms with E-state index in [9.17, 15) is 39.6 Å². The molecule has 2 aromatic carbocycles. The number of nitrogens with one attached hydrogen (secondary N) is 1. The fourth-order valence-corrected chi connectivity index (χ4v) is 3.53. The van der Waals surface area contributed by atoms with Gasteiger partial charge in [-0.25, -0.2) is 12.7 Å². The van der Waals surface area contributed by atoms with Crippen molar-refractivity contribution in [2.45, 2.75) is 17.2 Å². The zero-order valence-corrected chi connectivity index (χ0v) is 18.0. The highest BCUT2D eigenvalue weighted by Gasteiger charge is 2.37. The number of aromatic nitrogens is 2. The van der Waals surface area contributed by atoms with Crippen LogP contribution in [-0.2, 0) is 22.4 Å². The summed E-state index contributed by atoms with van der Waals surface area (Å²) in [6, 6.07) is 4.98. The molecule has 3 aromatic rings. The highest BCUT2D eigenvalue weighted by atomic mass is 32.2. The molecule has 1 aromatic heterocycles. The minimum Gasteiger partial charge on any atom is -0.403 e. The van der Waals surface area contributed by atoms with Crippen LogP contribution in [0.2, 0.25) is 0 Å². The van der Waals surface area contributed by atoms with Gasteiger partial charge in [-0.05, 0) is 42.5 Å². The molecule has 3 rings (SSSR count). The lowest BCUT2D eigenvalue weighted by Gasteiger charge is -2.13. The van der Waals surface area contributed by atoms with Crippen molar-refractivity contribution in [3.63, 3.8) is 0 Å². The molecule has 1 amide bonds. The second-order valence-electron chi connectivity index (χ2n) is 6.97. The Labute approximate surface area is 188 Å². The first-order valence-corrected chi connectivity index (χ1v) is 10.5. The number of halogens is 6. The quantitative estimate of drug-likeness (QED) is 0.516. The van der Waals surface area contributed by atoms with E-state index in [0.717, 1.165) is 4.31 Å². The van der Waals surface area contributed by atoms with Crippen molar-refractivity contribution in [2.24, 2.45) is 0 Å². The van der Waals surface area contributed by atoms with Gasteiger partial charge in [0.05, 0.1) is 16.0 Å². The Hall–Kier alpha value is -3.46. The van der Waals surface area contributed by atoms with Gasteiger partial charge in [0.2, 0.25) is 15.9 Å². The minimum absolute atomic E-state index is 0.0284. The van der Waals surface area contributed by atoms with Gasteiger partial charge in [0.1, 0.15) is 0 Å². The van der Waals surface area contributed by atoms with Crippen molar-refractivity contribution in [3.8, 4) is 11.5 Å². The minimum atomic E-state index is -5.12. The van der Waals surface area contributed by atoms with Crippen molar-refractivity contribution in [3.05, 3.63) is 59.2 Å². The maximum atomic E-state index is 13.0. The number of benzene rings is 2. The summed E-state index contributed by atoms with van der Waals surface area (Å²) in [4.78, 5) is 12.3. The van der Waals surface area contributed by atoms with Gasteiger partial charge >= 0.3 is 18.4 Å². The molecular formula is C19H14F6N4O4S. The van der Waals surface area contributed by atoms with Gasteiger partial charge in [-0.2, -0.15) is 26.3 Å². The van der Waals surface area contributed by atoms with Crippen LogP contribution in [0.4, 0.5) is 32.4 Å². The zero-order chi connectivity index (χ0) is 25.5. The van der Waals surface area contributed by atoms with Crippen molar-refractivity contribution in [1.29, 1.82) is 0 Å². The molecule has 0 saturated heterocycles. The lowest BCUT2D eigenvalue weighted by atomic mass is 10.0. The molecule has 0 spiro atoms. The van der Waals surface area contributed by atoms with Crippen molar-refractivity contribution >= 4 is 21.9 Å². The maximum Gasteiger partial charge on any atom is 0.416 e. The Bertz CT molecular complexity index is 1280. The summed E-state index contributed by atoms with van der Waals surface area (Å²) in [6.45, 7) is 0. The number of rotatable bonds is 5. The molecule has 0 saturated carbocycles. The number of anilines is 1. The fourth-order valence-electron chi connectivity index (χ4n) is 2.63. The van der Waals surface area contributed by atoms with Crippen molar-refractivity contribution in [1.82, 2.24) is 14.5 Å². The molecule has 1 N–H and O–H groups in total. The Morgan fingerprint density at radius 2 is 1.44 bits per heavy atom. The molecule has 0 aliphatic heterocycles. The number of alkyl halides is 6. The van der Waals surface area contributed by atoms with Gasteiger partial charge in [-0.1, -0.05) is 5.10 Å². The predicted octanol–water partition coefficient (Wildman–Crippen LogP) is 4.28. The number of hydrogen-bond acceptors (Lipinski definition) is 6. The Balaban J connectivity index is 1.85. The number of carbonyl (C=O) groups is 1. The second kappa shape index (κ2) is 8.72. The standard InChI is InChI=1S/C19H14F6N4O4S/c1-29(2)34(31,32)14-5-3-10(4-6-14)16-27-28-17(33-16)26-15(30)11-7-12(18(20,21)22)9-13(8-11)19(23,24)25/h3-9H,1-2H3,(H,26,28,30). The summed E-state index contributed by atoms with van der Waals surface area (Å²) in [5.74, 6) is -1.54. The molecule has 0 bridgehead atoms. The Kier molecular flexibility index (Phi) is 6.45. The van der Waals surface area contributed by atoms with Crippen LogP contribution in [-0.4, -0.2) is 42.9 Å². The third-order valence-corrected chi connectivity index (χ3v) is 6.20. The van der Waals surface area contributed by atoms with E-state index in [4.69, 9.17) is 4.42 Å². The number of sulfonamides is 1. The first-order valence-electron chi connectivity index (χ1n) is 9.06. The fraction of sp³-hybridized carbons (Fsp3) is 0.211. The summed E-state index contributed by atoms with van der Waals surface area (Å²) in [7, 11) is -1.00. The lowest BCUT2D eigenvalue weighted by molar-refractivity contribution is -0.143. The molecule has 0 aliphatic carbocycles. The highest BCUT2D eigenvalue weighted by molar-refractivity contribution is 7.89. The van der Waals surface area contributed by atoms with E-state index >= 15 is 0 Å². The van der Waals surface area contributed by atoms with Crippen LogP contribution in [0.15, 0.2) is 51.8 Å². The van der Waals surface area contributed by atoms with Crippen LogP contribution in [0, 0.1) is 0 Å². The second-order valence-corrected chi connectivity index (χ2v) is 9.12. The van der Waals surface area contributed by atoms with Crippen LogP contribution >= 0.6 is 0 Å². The van der Waals surface area contributed by atoms with Crippen molar-refractivity contribution in [2.75, 3.05) is 19.4 Å². The third kappa shape index (κ3) is 5.36. The molecule has 8 nitrogen and oxygen atoms in total. The molecule has 0 fully saturated rings. The topological polar surface area (TPSA) is 105 Å². The summed E-state index contributed by atoms with van der Waals surface area (Å²) in [6.07, 6.45) is -10.2. The first kappa shape index (κ1) is 25.2. The monoisotopic (exact) mass is 508 g/mol. The van der Waals surface area contributed by atoms with Gasteiger partial charge in [-0.15, -0.1) is 5.10 Å². The van der Waals surface area contributed by atoms with E-state index in [2.05, 4.69) is 10.2 Å². The van der Waals surface area contributed by atoms with Gasteiger partial charge in [0, 0.05) is 25.2 Å². The molecule has 0 aliphatic rings. The Morgan fingerprint density at radius 1 is 0.912 bits per heavy atom. The highest BCUT2D eigenvalue weighted by Crippen LogP contribution is 2.36. The first-order chi connectivity index (χ1) is 15.6. The molecule has 15 heteroatoms. The number of hydrogen-bond donors (Lipinski definition) is 1. The van der Waals surface area contributed by atoms with E-state index in [1.54, 1.807) is 0 Å².